The molecule has 0 aliphatic rings. The van der Waals surface area contributed by atoms with Crippen molar-refractivity contribution in [2.24, 2.45) is 0 Å². The molecule has 2 aromatic heterocycles. The second kappa shape index (κ2) is 8.99. The van der Waals surface area contributed by atoms with E-state index in [4.69, 9.17) is 9.47 Å². The van der Waals surface area contributed by atoms with E-state index in [0.717, 1.165) is 16.3 Å². The number of thiophene rings is 1. The van der Waals surface area contributed by atoms with Crippen LogP contribution in [0.4, 0.5) is 0 Å². The van der Waals surface area contributed by atoms with Gasteiger partial charge in [-0.05, 0) is 49.6 Å². The summed E-state index contributed by atoms with van der Waals surface area (Å²) in [6.07, 6.45) is 0. The fourth-order valence-electron chi connectivity index (χ4n) is 3.15. The first-order valence-electron chi connectivity index (χ1n) is 9.09. The summed E-state index contributed by atoms with van der Waals surface area (Å²) in [5.41, 5.74) is 1.90. The number of benzene rings is 1. The lowest BCUT2D eigenvalue weighted by Crippen LogP contribution is -2.32. The van der Waals surface area contributed by atoms with E-state index in [1.807, 2.05) is 42.1 Å². The van der Waals surface area contributed by atoms with Gasteiger partial charge in [-0.3, -0.25) is 4.68 Å². The highest BCUT2D eigenvalue weighted by Gasteiger charge is 2.25. The summed E-state index contributed by atoms with van der Waals surface area (Å²) >= 11 is 1.53. The molecule has 0 radical (unpaired) electrons. The minimum Gasteiger partial charge on any atom is -0.495 e. The Bertz CT molecular complexity index is 1140. The van der Waals surface area contributed by atoms with E-state index in [-0.39, 0.29) is 28.8 Å². The normalized spacial score (nSPS) is 12.5. The summed E-state index contributed by atoms with van der Waals surface area (Å²) < 4.78 is 40.5. The Morgan fingerprint density at radius 2 is 2.00 bits per heavy atom. The first kappa shape index (κ1) is 22.0. The lowest BCUT2D eigenvalue weighted by atomic mass is 10.2. The van der Waals surface area contributed by atoms with Crippen LogP contribution < -0.4 is 9.46 Å². The molecule has 0 aliphatic carbocycles. The van der Waals surface area contributed by atoms with E-state index < -0.39 is 16.0 Å². The van der Waals surface area contributed by atoms with Crippen LogP contribution in [-0.4, -0.2) is 44.9 Å². The lowest BCUT2D eigenvalue weighted by molar-refractivity contribution is 0.0600. The summed E-state index contributed by atoms with van der Waals surface area (Å²) in [5.74, 6) is -0.498. The average molecular weight is 450 g/mol. The molecule has 0 spiro atoms. The minimum absolute atomic E-state index is 0.0798. The Balaban J connectivity index is 1.94. The number of hydrogen-bond acceptors (Lipinski definition) is 7. The van der Waals surface area contributed by atoms with E-state index in [9.17, 15) is 13.2 Å². The molecule has 2 heterocycles. The van der Waals surface area contributed by atoms with Crippen LogP contribution in [0.15, 0.2) is 46.7 Å². The Morgan fingerprint density at radius 3 is 2.57 bits per heavy atom. The molecule has 0 amide bonds. The van der Waals surface area contributed by atoms with E-state index in [2.05, 4.69) is 9.82 Å². The van der Waals surface area contributed by atoms with Crippen molar-refractivity contribution in [2.45, 2.75) is 24.8 Å². The van der Waals surface area contributed by atoms with Crippen molar-refractivity contribution < 1.29 is 22.7 Å². The van der Waals surface area contributed by atoms with Gasteiger partial charge < -0.3 is 9.47 Å². The van der Waals surface area contributed by atoms with Crippen LogP contribution in [0.1, 0.15) is 32.7 Å². The second-order valence-electron chi connectivity index (χ2n) is 6.61. The van der Waals surface area contributed by atoms with Crippen molar-refractivity contribution >= 4 is 27.3 Å². The van der Waals surface area contributed by atoms with Gasteiger partial charge in [-0.2, -0.15) is 5.10 Å². The largest absolute Gasteiger partial charge is 0.495 e. The number of carbonyl (C=O) groups excluding carboxylic acids is 1. The van der Waals surface area contributed by atoms with Gasteiger partial charge >= 0.3 is 5.97 Å². The predicted molar refractivity (Wildman–Crippen MR) is 114 cm³/mol. The van der Waals surface area contributed by atoms with Crippen LogP contribution >= 0.6 is 11.3 Å². The Morgan fingerprint density at radius 1 is 1.23 bits per heavy atom. The highest BCUT2D eigenvalue weighted by Crippen LogP contribution is 2.28. The minimum atomic E-state index is -3.99. The van der Waals surface area contributed by atoms with Gasteiger partial charge in [-0.15, -0.1) is 11.3 Å². The molecule has 3 aromatic rings. The molecule has 0 saturated carbocycles. The van der Waals surface area contributed by atoms with Crippen molar-refractivity contribution in [1.82, 2.24) is 14.5 Å². The van der Waals surface area contributed by atoms with Crippen LogP contribution in [0.25, 0.3) is 0 Å². The summed E-state index contributed by atoms with van der Waals surface area (Å²) in [4.78, 5) is 12.7. The molecule has 8 nitrogen and oxygen atoms in total. The molecule has 1 atom stereocenters. The number of aryl methyl sites for hydroxylation is 2. The van der Waals surface area contributed by atoms with Gasteiger partial charge in [0.05, 0.1) is 31.5 Å². The third-order valence-corrected chi connectivity index (χ3v) is 6.97. The number of esters is 1. The number of nitrogens with zero attached hydrogens (tertiary/aromatic N) is 2. The van der Waals surface area contributed by atoms with Gasteiger partial charge in [0.1, 0.15) is 10.6 Å². The van der Waals surface area contributed by atoms with Crippen molar-refractivity contribution in [3.63, 3.8) is 0 Å². The Labute approximate surface area is 179 Å². The fourth-order valence-corrected chi connectivity index (χ4v) is 5.19. The van der Waals surface area contributed by atoms with Crippen molar-refractivity contribution in [1.29, 1.82) is 0 Å². The van der Waals surface area contributed by atoms with E-state index in [1.54, 1.807) is 0 Å². The summed E-state index contributed by atoms with van der Waals surface area (Å²) in [6, 6.07) is 9.61. The van der Waals surface area contributed by atoms with Crippen LogP contribution in [0.5, 0.6) is 5.75 Å². The maximum atomic E-state index is 13.1. The molecular formula is C20H23N3O5S2. The van der Waals surface area contributed by atoms with Gasteiger partial charge in [-0.1, -0.05) is 6.07 Å². The van der Waals surface area contributed by atoms with Crippen molar-refractivity contribution in [2.75, 3.05) is 20.8 Å². The molecular weight excluding hydrogens is 426 g/mol. The van der Waals surface area contributed by atoms with Gasteiger partial charge in [0.2, 0.25) is 10.0 Å². The van der Waals surface area contributed by atoms with E-state index in [0.29, 0.717) is 0 Å². The summed E-state index contributed by atoms with van der Waals surface area (Å²) in [5, 5.41) is 6.46. The number of methoxy groups -OCH3 is 2. The molecule has 1 aromatic carbocycles. The number of ether oxygens (including phenoxy) is 2. The van der Waals surface area contributed by atoms with Crippen LogP contribution in [0.3, 0.4) is 0 Å². The molecule has 0 fully saturated rings. The standard InChI is InChI=1S/C20H23N3O5S2/c1-13-10-14(2)23(22-13)16(18-6-5-9-29-18)12-21-30(25,26)19-11-15(20(24)28-4)7-8-17(19)27-3/h5-11,16,21H,12H2,1-4H3/t16-/m1/s1. The predicted octanol–water partition coefficient (Wildman–Crippen LogP) is 2.92. The first-order chi connectivity index (χ1) is 14.3. The first-order valence-corrected chi connectivity index (χ1v) is 11.4. The zero-order chi connectivity index (χ0) is 21.9. The SMILES string of the molecule is COC(=O)c1ccc(OC)c(S(=O)(=O)NC[C@H](c2cccs2)n2nc(C)cc2C)c1. The monoisotopic (exact) mass is 449 g/mol. The molecule has 0 bridgehead atoms. The van der Waals surface area contributed by atoms with E-state index in [1.165, 1.54) is 43.8 Å². The number of hydrogen-bond donors (Lipinski definition) is 1. The number of sulfonamides is 1. The van der Waals surface area contributed by atoms with Crippen LogP contribution in [-0.2, 0) is 14.8 Å². The Hall–Kier alpha value is -2.69. The average Bonchev–Trinajstić information content (AvgIpc) is 3.37. The molecule has 30 heavy (non-hydrogen) atoms. The van der Waals surface area contributed by atoms with Gasteiger partial charge in [-0.25, -0.2) is 17.9 Å². The summed E-state index contributed by atoms with van der Waals surface area (Å²) in [6.45, 7) is 3.90. The van der Waals surface area contributed by atoms with Gasteiger partial charge in [0.25, 0.3) is 0 Å². The highest BCUT2D eigenvalue weighted by molar-refractivity contribution is 7.89. The fraction of sp³-hybridized carbons (Fsp3) is 0.300. The zero-order valence-corrected chi connectivity index (χ0v) is 18.7. The van der Waals surface area contributed by atoms with Crippen LogP contribution in [0.2, 0.25) is 0 Å². The van der Waals surface area contributed by atoms with Crippen molar-refractivity contribution in [3.05, 3.63) is 63.6 Å². The van der Waals surface area contributed by atoms with Gasteiger partial charge in [0.15, 0.2) is 0 Å². The maximum Gasteiger partial charge on any atom is 0.337 e. The molecule has 160 valence electrons. The molecule has 10 heteroatoms. The molecule has 0 unspecified atom stereocenters. The highest BCUT2D eigenvalue weighted by atomic mass is 32.2. The number of carbonyl (C=O) groups is 1. The molecule has 3 rings (SSSR count). The molecule has 0 aliphatic heterocycles. The smallest absolute Gasteiger partial charge is 0.337 e. The zero-order valence-electron chi connectivity index (χ0n) is 17.1. The van der Waals surface area contributed by atoms with Crippen LogP contribution in [0, 0.1) is 13.8 Å². The quantitative estimate of drug-likeness (QED) is 0.531. The van der Waals surface area contributed by atoms with Crippen molar-refractivity contribution in [3.8, 4) is 5.75 Å². The second-order valence-corrected chi connectivity index (χ2v) is 9.33. The number of rotatable bonds is 8. The third kappa shape index (κ3) is 4.55. The Kier molecular flexibility index (Phi) is 6.59. The lowest BCUT2D eigenvalue weighted by Gasteiger charge is -2.19. The maximum absolute atomic E-state index is 13.1. The third-order valence-electron chi connectivity index (χ3n) is 4.55. The molecule has 1 N–H and O–H groups in total. The number of nitrogens with one attached hydrogen (secondary N) is 1. The number of aromatic nitrogens is 2. The van der Waals surface area contributed by atoms with Gasteiger partial charge in [0, 0.05) is 17.1 Å². The summed E-state index contributed by atoms with van der Waals surface area (Å²) in [7, 11) is -1.38. The van der Waals surface area contributed by atoms with E-state index >= 15 is 0 Å². The topological polar surface area (TPSA) is 99.5 Å². The molecule has 0 saturated heterocycles.